The summed E-state index contributed by atoms with van der Waals surface area (Å²) in [5.74, 6) is -2.06. The van der Waals surface area contributed by atoms with Gasteiger partial charge in [-0.05, 0) is 56.8 Å². The molecule has 1 atom stereocenters. The molecule has 0 saturated heterocycles. The number of carbonyl (C=O) groups excluding carboxylic acids is 1. The van der Waals surface area contributed by atoms with Gasteiger partial charge in [-0.3, -0.25) is 4.79 Å². The summed E-state index contributed by atoms with van der Waals surface area (Å²) in [5.41, 5.74) is 3.29. The Hall–Kier alpha value is -3.69. The van der Waals surface area contributed by atoms with E-state index >= 15 is 0 Å². The first-order chi connectivity index (χ1) is 17.7. The highest BCUT2D eigenvalue weighted by Crippen LogP contribution is 2.36. The molecule has 1 heterocycles. The minimum atomic E-state index is -1.19. The van der Waals surface area contributed by atoms with E-state index in [-0.39, 0.29) is 22.8 Å². The zero-order valence-corrected chi connectivity index (χ0v) is 21.7. The van der Waals surface area contributed by atoms with Gasteiger partial charge in [-0.1, -0.05) is 30.3 Å². The third-order valence-corrected chi connectivity index (χ3v) is 6.09. The van der Waals surface area contributed by atoms with Crippen LogP contribution in [0, 0.1) is 5.82 Å². The molecular weight excluding hydrogens is 499 g/mol. The van der Waals surface area contributed by atoms with Crippen molar-refractivity contribution in [2.45, 2.75) is 18.8 Å². The number of H-pyrrole nitrogens is 1. The zero-order chi connectivity index (χ0) is 27.1. The summed E-state index contributed by atoms with van der Waals surface area (Å²) < 4.78 is 19.3. The Morgan fingerprint density at radius 3 is 2.70 bits per heavy atom. The summed E-state index contributed by atoms with van der Waals surface area (Å²) in [4.78, 5) is 34.5. The highest BCUT2D eigenvalue weighted by atomic mass is 35.5. The molecule has 0 spiro atoms. The minimum Gasteiger partial charge on any atom is -0.494 e. The number of imidazole rings is 1. The highest BCUT2D eigenvalue weighted by Gasteiger charge is 2.24. The number of allylic oxidation sites excluding steroid dienone is 2. The number of carbonyl (C=O) groups is 2. The molecule has 3 N–H and O–H groups in total. The number of ether oxygens (including phenoxy) is 1. The lowest BCUT2D eigenvalue weighted by Gasteiger charge is -2.19. The van der Waals surface area contributed by atoms with E-state index in [2.05, 4.69) is 21.9 Å². The molecule has 3 aromatic rings. The van der Waals surface area contributed by atoms with Crippen LogP contribution in [0.1, 0.15) is 50.9 Å². The van der Waals surface area contributed by atoms with Crippen LogP contribution in [0.15, 0.2) is 48.5 Å². The fourth-order valence-corrected chi connectivity index (χ4v) is 4.09. The number of fused-ring (bicyclic) bond motifs is 1. The molecule has 0 fully saturated rings. The van der Waals surface area contributed by atoms with Gasteiger partial charge in [-0.25, -0.2) is 14.2 Å². The first kappa shape index (κ1) is 27.9. The number of rotatable bonds is 12. The van der Waals surface area contributed by atoms with Gasteiger partial charge in [0.05, 0.1) is 23.7 Å². The summed E-state index contributed by atoms with van der Waals surface area (Å²) in [6.07, 6.45) is 2.82. The van der Waals surface area contributed by atoms with Crippen LogP contribution in [-0.2, 0) is 0 Å². The molecule has 2 aromatic carbocycles. The molecule has 0 aliphatic heterocycles. The van der Waals surface area contributed by atoms with Crippen LogP contribution in [-0.4, -0.2) is 66.1 Å². The summed E-state index contributed by atoms with van der Waals surface area (Å²) in [7, 11) is 5.27. The number of halogens is 2. The standard InChI is InChI=1S/C27H30ClFN4O4/c1-16(18-9-8-17(13-20(18)27(35)36)26(34)30-11-6-12-33(2)3)19(7-5-10-28)25-31-22-14-21(29)24(37-4)15-23(22)32-25/h5,8-10,13-15,19H,1,6-7,11-12H2,2-4H3,(H,30,34)(H,31,32)(H,35,36)/b10-5-. The van der Waals surface area contributed by atoms with Crippen molar-refractivity contribution < 1.29 is 23.8 Å². The minimum absolute atomic E-state index is 0.0605. The second-order valence-electron chi connectivity index (χ2n) is 8.78. The number of carboxylic acid groups (broad SMARTS) is 1. The van der Waals surface area contributed by atoms with Crippen LogP contribution in [0.4, 0.5) is 4.39 Å². The molecule has 0 radical (unpaired) electrons. The van der Waals surface area contributed by atoms with E-state index in [4.69, 9.17) is 16.3 Å². The molecule has 0 saturated carbocycles. The largest absolute Gasteiger partial charge is 0.494 e. The first-order valence-electron chi connectivity index (χ1n) is 11.6. The van der Waals surface area contributed by atoms with Gasteiger partial charge in [0.1, 0.15) is 5.82 Å². The van der Waals surface area contributed by atoms with Crippen LogP contribution in [0.25, 0.3) is 16.6 Å². The Morgan fingerprint density at radius 2 is 2.05 bits per heavy atom. The number of hydrogen-bond donors (Lipinski definition) is 3. The van der Waals surface area contributed by atoms with E-state index in [0.29, 0.717) is 41.0 Å². The number of amides is 1. The van der Waals surface area contributed by atoms with Gasteiger partial charge in [0.15, 0.2) is 11.6 Å². The van der Waals surface area contributed by atoms with E-state index in [1.165, 1.54) is 30.8 Å². The number of benzene rings is 2. The first-order valence-corrected chi connectivity index (χ1v) is 12.1. The van der Waals surface area contributed by atoms with Crippen molar-refractivity contribution in [2.24, 2.45) is 0 Å². The number of nitrogens with zero attached hydrogens (tertiary/aromatic N) is 2. The van der Waals surface area contributed by atoms with Gasteiger partial charge in [0, 0.05) is 35.7 Å². The molecule has 1 amide bonds. The second kappa shape index (κ2) is 12.5. The molecule has 0 aliphatic carbocycles. The number of nitrogens with one attached hydrogen (secondary N) is 2. The van der Waals surface area contributed by atoms with Crippen LogP contribution in [0.5, 0.6) is 5.75 Å². The van der Waals surface area contributed by atoms with E-state index in [1.807, 2.05) is 19.0 Å². The molecule has 196 valence electrons. The lowest BCUT2D eigenvalue weighted by molar-refractivity contribution is 0.0696. The van der Waals surface area contributed by atoms with Crippen LogP contribution >= 0.6 is 11.6 Å². The van der Waals surface area contributed by atoms with Crippen molar-refractivity contribution in [1.29, 1.82) is 0 Å². The van der Waals surface area contributed by atoms with Crippen molar-refractivity contribution in [3.05, 3.63) is 76.9 Å². The maximum atomic E-state index is 14.2. The molecule has 3 rings (SSSR count). The summed E-state index contributed by atoms with van der Waals surface area (Å²) in [6.45, 7) is 5.46. The normalized spacial score (nSPS) is 12.3. The molecular formula is C27H30ClFN4O4. The lowest BCUT2D eigenvalue weighted by Crippen LogP contribution is -2.27. The quantitative estimate of drug-likeness (QED) is 0.285. The summed E-state index contributed by atoms with van der Waals surface area (Å²) >= 11 is 5.78. The number of carboxylic acids is 1. The number of aromatic nitrogens is 2. The predicted octanol–water partition coefficient (Wildman–Crippen LogP) is 5.03. The Kier molecular flexibility index (Phi) is 9.43. The average Bonchev–Trinajstić information content (AvgIpc) is 3.27. The topological polar surface area (TPSA) is 108 Å². The van der Waals surface area contributed by atoms with Crippen molar-refractivity contribution in [1.82, 2.24) is 20.2 Å². The summed E-state index contributed by atoms with van der Waals surface area (Å²) in [6, 6.07) is 7.26. The van der Waals surface area contributed by atoms with E-state index in [1.54, 1.807) is 18.2 Å². The van der Waals surface area contributed by atoms with Crippen molar-refractivity contribution >= 4 is 40.1 Å². The van der Waals surface area contributed by atoms with E-state index in [0.717, 1.165) is 13.0 Å². The number of methoxy groups -OCH3 is 1. The highest BCUT2D eigenvalue weighted by molar-refractivity contribution is 6.25. The molecule has 0 bridgehead atoms. The fraction of sp³-hybridized carbons (Fsp3) is 0.296. The monoisotopic (exact) mass is 528 g/mol. The average molecular weight is 529 g/mol. The third kappa shape index (κ3) is 6.75. The van der Waals surface area contributed by atoms with Crippen molar-refractivity contribution in [3.63, 3.8) is 0 Å². The van der Waals surface area contributed by atoms with Crippen LogP contribution < -0.4 is 10.1 Å². The Balaban J connectivity index is 1.94. The molecule has 1 unspecified atom stereocenters. The van der Waals surface area contributed by atoms with Gasteiger partial charge in [0.2, 0.25) is 0 Å². The molecule has 0 aliphatic rings. The SMILES string of the molecule is C=C(c1ccc(C(=O)NCCCN(C)C)cc1C(=O)O)C(C/C=C\Cl)c1nc2cc(OC)c(F)cc2[nH]1. The Labute approximate surface area is 219 Å². The molecule has 8 nitrogen and oxygen atoms in total. The van der Waals surface area contributed by atoms with E-state index in [9.17, 15) is 19.1 Å². The van der Waals surface area contributed by atoms with E-state index < -0.39 is 17.7 Å². The molecule has 10 heteroatoms. The van der Waals surface area contributed by atoms with Crippen molar-refractivity contribution in [2.75, 3.05) is 34.3 Å². The predicted molar refractivity (Wildman–Crippen MR) is 143 cm³/mol. The van der Waals surface area contributed by atoms with Crippen molar-refractivity contribution in [3.8, 4) is 5.75 Å². The van der Waals surface area contributed by atoms with Crippen LogP contribution in [0.2, 0.25) is 0 Å². The molecule has 37 heavy (non-hydrogen) atoms. The number of aromatic carboxylic acids is 1. The fourth-order valence-electron chi connectivity index (χ4n) is 3.99. The Bertz CT molecular complexity index is 1340. The van der Waals surface area contributed by atoms with Gasteiger partial charge in [0.25, 0.3) is 5.91 Å². The zero-order valence-electron chi connectivity index (χ0n) is 21.0. The van der Waals surface area contributed by atoms with Gasteiger partial charge < -0.3 is 25.0 Å². The smallest absolute Gasteiger partial charge is 0.336 e. The lowest BCUT2D eigenvalue weighted by atomic mass is 9.87. The third-order valence-electron chi connectivity index (χ3n) is 5.91. The summed E-state index contributed by atoms with van der Waals surface area (Å²) in [5, 5.41) is 12.7. The Morgan fingerprint density at radius 1 is 1.30 bits per heavy atom. The molecule has 1 aromatic heterocycles. The number of hydrogen-bond acceptors (Lipinski definition) is 5. The maximum absolute atomic E-state index is 14.2. The second-order valence-corrected chi connectivity index (χ2v) is 9.03. The maximum Gasteiger partial charge on any atom is 0.336 e. The van der Waals surface area contributed by atoms with Gasteiger partial charge >= 0.3 is 5.97 Å². The number of aromatic amines is 1. The van der Waals surface area contributed by atoms with Crippen LogP contribution in [0.3, 0.4) is 0 Å². The van der Waals surface area contributed by atoms with Gasteiger partial charge in [-0.15, -0.1) is 0 Å². The van der Waals surface area contributed by atoms with Gasteiger partial charge in [-0.2, -0.15) is 0 Å².